The highest BCUT2D eigenvalue weighted by molar-refractivity contribution is 6.42. The van der Waals surface area contributed by atoms with E-state index in [1.54, 1.807) is 0 Å². The van der Waals surface area contributed by atoms with Gasteiger partial charge in [-0.1, -0.05) is 78.6 Å². The summed E-state index contributed by atoms with van der Waals surface area (Å²) in [5, 5.41) is 6.61. The third-order valence-electron chi connectivity index (χ3n) is 10.5. The van der Waals surface area contributed by atoms with Crippen LogP contribution in [0.2, 0.25) is 0 Å². The van der Waals surface area contributed by atoms with Crippen molar-refractivity contribution in [3.63, 3.8) is 0 Å². The number of unbranched alkanes of at least 4 members (excludes halogenated alkanes) is 9. The minimum Gasteiger partial charge on any atom is -0.494 e. The molecule has 7 aromatic rings. The van der Waals surface area contributed by atoms with Gasteiger partial charge in [-0.3, -0.25) is 14.4 Å². The summed E-state index contributed by atoms with van der Waals surface area (Å²) in [7, 11) is 0. The molecule has 0 atom stereocenters. The molecular weight excluding hydrogens is 636 g/mol. The van der Waals surface area contributed by atoms with Crippen LogP contribution in [0, 0.1) is 0 Å². The largest absolute Gasteiger partial charge is 0.494 e. The van der Waals surface area contributed by atoms with Gasteiger partial charge in [-0.15, -0.1) is 0 Å². The molecule has 0 bridgehead atoms. The third kappa shape index (κ3) is 6.39. The summed E-state index contributed by atoms with van der Waals surface area (Å²) < 4.78 is 18.5. The van der Waals surface area contributed by atoms with Crippen molar-refractivity contribution in [2.24, 2.45) is 0 Å². The second-order valence-corrected chi connectivity index (χ2v) is 14.1. The Morgan fingerprint density at radius 3 is 0.922 bits per heavy atom. The molecule has 0 saturated heterocycles. The summed E-state index contributed by atoms with van der Waals surface area (Å²) in [6.45, 7) is 8.29. The van der Waals surface area contributed by atoms with Gasteiger partial charge in [-0.2, -0.15) is 0 Å². The fraction of sp³-hybridized carbons (Fsp3) is 0.400. The van der Waals surface area contributed by atoms with E-state index in [1.165, 1.54) is 0 Å². The van der Waals surface area contributed by atoms with Crippen molar-refractivity contribution in [3.8, 4) is 17.2 Å². The van der Waals surface area contributed by atoms with Gasteiger partial charge in [-0.25, -0.2) is 0 Å². The molecule has 6 nitrogen and oxygen atoms in total. The van der Waals surface area contributed by atoms with Crippen molar-refractivity contribution in [3.05, 3.63) is 85.3 Å². The molecule has 0 unspecified atom stereocenters. The van der Waals surface area contributed by atoms with E-state index in [0.29, 0.717) is 102 Å². The molecule has 7 aromatic carbocycles. The minimum absolute atomic E-state index is 0.181. The lowest BCUT2D eigenvalue weighted by molar-refractivity contribution is 0.305. The van der Waals surface area contributed by atoms with E-state index in [0.717, 1.165) is 77.0 Å². The summed E-state index contributed by atoms with van der Waals surface area (Å²) in [5.74, 6) is 1.99. The van der Waals surface area contributed by atoms with Crippen LogP contribution in [-0.2, 0) is 0 Å². The van der Waals surface area contributed by atoms with Crippen LogP contribution in [0.1, 0.15) is 97.8 Å². The topological polar surface area (TPSA) is 78.9 Å². The van der Waals surface area contributed by atoms with Gasteiger partial charge in [-0.05, 0) is 90.0 Å². The van der Waals surface area contributed by atoms with Crippen LogP contribution < -0.4 is 30.5 Å². The first-order valence-corrected chi connectivity index (χ1v) is 19.2. The molecule has 0 radical (unpaired) electrons. The number of rotatable bonds is 18. The van der Waals surface area contributed by atoms with Gasteiger partial charge in [0.2, 0.25) is 0 Å². The molecule has 0 aliphatic rings. The van der Waals surface area contributed by atoms with Crippen molar-refractivity contribution in [2.45, 2.75) is 97.8 Å². The Labute approximate surface area is 298 Å². The SMILES string of the molecule is CCCCCCOc1ccc2c(=O)c3c(c2c1)c1c(=O)c2ccc(OCCCCCC)cc2c1c1c(=O)c2ccc(OCCCCCC)cc2c31. The van der Waals surface area contributed by atoms with Gasteiger partial charge >= 0.3 is 0 Å². The molecule has 6 heteroatoms. The number of hydrogen-bond donors (Lipinski definition) is 0. The first kappa shape index (κ1) is 34.7. The number of fused-ring (bicyclic) bond motifs is 12. The Balaban J connectivity index is 1.48. The van der Waals surface area contributed by atoms with Gasteiger partial charge in [0.05, 0.1) is 19.8 Å². The van der Waals surface area contributed by atoms with Crippen LogP contribution in [0.5, 0.6) is 17.2 Å². The van der Waals surface area contributed by atoms with Gasteiger partial charge in [0.25, 0.3) is 0 Å². The van der Waals surface area contributed by atoms with E-state index >= 15 is 0 Å². The zero-order chi connectivity index (χ0) is 35.5. The lowest BCUT2D eigenvalue weighted by Crippen LogP contribution is -1.99. The van der Waals surface area contributed by atoms with E-state index in [-0.39, 0.29) is 16.3 Å². The van der Waals surface area contributed by atoms with Crippen LogP contribution in [0.4, 0.5) is 0 Å². The number of ether oxygens (including phenoxy) is 3. The van der Waals surface area contributed by atoms with Crippen LogP contribution in [0.3, 0.4) is 0 Å². The first-order chi connectivity index (χ1) is 25.0. The highest BCUT2D eigenvalue weighted by Crippen LogP contribution is 2.44. The maximum absolute atomic E-state index is 14.5. The lowest BCUT2D eigenvalue weighted by Gasteiger charge is -2.07. The zero-order valence-corrected chi connectivity index (χ0v) is 30.3. The van der Waals surface area contributed by atoms with Crippen LogP contribution in [0.25, 0.3) is 64.6 Å². The standard InChI is InChI=1S/C45H48O6/c1-4-7-10-13-22-49-28-16-19-31-34(25-28)37-40(43(31)46)38-36-27-30(51-24-15-12-9-6-3)18-21-33(36)45(48)42(38)39-35-26-29(50-23-14-11-8-5-2)17-20-32(35)44(47)41(37)39/h16-21,25-27H,4-15,22-24H2,1-3H3. The summed E-state index contributed by atoms with van der Waals surface area (Å²) >= 11 is 0. The maximum atomic E-state index is 14.5. The maximum Gasteiger partial charge on any atom is 0.194 e. The smallest absolute Gasteiger partial charge is 0.194 e. The molecule has 0 aliphatic heterocycles. The average molecular weight is 685 g/mol. The predicted octanol–water partition coefficient (Wildman–Crippen LogP) is 10.9. The van der Waals surface area contributed by atoms with Gasteiger partial charge < -0.3 is 14.2 Å². The van der Waals surface area contributed by atoms with Crippen LogP contribution in [-0.4, -0.2) is 19.8 Å². The molecular formula is C45H48O6. The molecule has 0 saturated carbocycles. The second-order valence-electron chi connectivity index (χ2n) is 14.1. The highest BCUT2D eigenvalue weighted by Gasteiger charge is 2.27. The quantitative estimate of drug-likeness (QED) is 0.0837. The van der Waals surface area contributed by atoms with E-state index in [1.807, 2.05) is 54.6 Å². The van der Waals surface area contributed by atoms with Crippen molar-refractivity contribution < 1.29 is 14.2 Å². The molecule has 264 valence electrons. The van der Waals surface area contributed by atoms with Gasteiger partial charge in [0.15, 0.2) is 16.3 Å². The molecule has 7 rings (SSSR count). The molecule has 0 amide bonds. The van der Waals surface area contributed by atoms with Crippen molar-refractivity contribution >= 4 is 64.6 Å². The van der Waals surface area contributed by atoms with Crippen LogP contribution >= 0.6 is 0 Å². The van der Waals surface area contributed by atoms with E-state index in [2.05, 4.69) is 20.8 Å². The highest BCUT2D eigenvalue weighted by atomic mass is 16.5. The Kier molecular flexibility index (Phi) is 10.4. The third-order valence-corrected chi connectivity index (χ3v) is 10.5. The second kappa shape index (κ2) is 15.3. The minimum atomic E-state index is -0.181. The first-order valence-electron chi connectivity index (χ1n) is 19.2. The Morgan fingerprint density at radius 1 is 0.353 bits per heavy atom. The fourth-order valence-corrected chi connectivity index (χ4v) is 7.85. The summed E-state index contributed by atoms with van der Waals surface area (Å²) in [6.07, 6.45) is 13.0. The van der Waals surface area contributed by atoms with Gasteiger partial charge in [0.1, 0.15) is 17.2 Å². The normalized spacial score (nSPS) is 12.1. The molecule has 51 heavy (non-hydrogen) atoms. The van der Waals surface area contributed by atoms with Crippen molar-refractivity contribution in [1.29, 1.82) is 0 Å². The molecule has 0 fully saturated rings. The molecule has 0 aliphatic carbocycles. The summed E-state index contributed by atoms with van der Waals surface area (Å²) in [6, 6.07) is 16.7. The molecule has 0 heterocycles. The molecule has 0 aromatic heterocycles. The predicted molar refractivity (Wildman–Crippen MR) is 213 cm³/mol. The molecule has 0 N–H and O–H groups in total. The summed E-state index contributed by atoms with van der Waals surface area (Å²) in [4.78, 5) is 43.4. The molecule has 0 spiro atoms. The van der Waals surface area contributed by atoms with Crippen molar-refractivity contribution in [1.82, 2.24) is 0 Å². The van der Waals surface area contributed by atoms with Crippen LogP contribution in [0.15, 0.2) is 69.0 Å². The van der Waals surface area contributed by atoms with E-state index < -0.39 is 0 Å². The Hall–Kier alpha value is -4.71. The van der Waals surface area contributed by atoms with Crippen molar-refractivity contribution in [2.75, 3.05) is 19.8 Å². The Morgan fingerprint density at radius 2 is 0.647 bits per heavy atom. The summed E-state index contributed by atoms with van der Waals surface area (Å²) in [5.41, 5.74) is -0.542. The number of benzene rings is 4. The monoisotopic (exact) mass is 684 g/mol. The average Bonchev–Trinajstić information content (AvgIpc) is 3.71. The van der Waals surface area contributed by atoms with Gasteiger partial charge in [0, 0.05) is 48.5 Å². The number of hydrogen-bond acceptors (Lipinski definition) is 6. The fourth-order valence-electron chi connectivity index (χ4n) is 7.85. The Bertz CT molecular complexity index is 2180. The lowest BCUT2D eigenvalue weighted by atomic mass is 9.99. The van der Waals surface area contributed by atoms with E-state index in [9.17, 15) is 14.4 Å². The van der Waals surface area contributed by atoms with E-state index in [4.69, 9.17) is 14.2 Å². The zero-order valence-electron chi connectivity index (χ0n) is 30.3.